The maximum atomic E-state index is 12.2. The summed E-state index contributed by atoms with van der Waals surface area (Å²) in [6.07, 6.45) is 0.794. The summed E-state index contributed by atoms with van der Waals surface area (Å²) in [6, 6.07) is -1.88. The van der Waals surface area contributed by atoms with E-state index in [1.165, 1.54) is 4.90 Å². The molecule has 0 unspecified atom stereocenters. The molecule has 0 aliphatic carbocycles. The van der Waals surface area contributed by atoms with E-state index in [-0.39, 0.29) is 18.3 Å². The van der Waals surface area contributed by atoms with Gasteiger partial charge in [0.1, 0.15) is 0 Å². The first kappa shape index (κ1) is 14.7. The number of carbonyl (C=O) groups excluding carboxylic acids is 2. The fourth-order valence-corrected chi connectivity index (χ4v) is 2.96. The molecule has 2 atom stereocenters. The topological polar surface area (TPSA) is 169 Å². The van der Waals surface area contributed by atoms with Crippen molar-refractivity contribution in [1.29, 1.82) is 0 Å². The van der Waals surface area contributed by atoms with E-state index in [9.17, 15) is 18.0 Å². The van der Waals surface area contributed by atoms with Crippen molar-refractivity contribution in [3.63, 3.8) is 0 Å². The number of carbonyl (C=O) groups is 2. The lowest BCUT2D eigenvalue weighted by Gasteiger charge is -2.27. The van der Waals surface area contributed by atoms with Crippen LogP contribution in [0.5, 0.6) is 0 Å². The van der Waals surface area contributed by atoms with E-state index < -0.39 is 34.4 Å². The summed E-state index contributed by atoms with van der Waals surface area (Å²) in [6.45, 7) is 0.166. The second-order valence-corrected chi connectivity index (χ2v) is 5.84. The SMILES string of the molecule is NC(=O)c1nc([C@H]2CC[C@@H]3CN2C(=O)N3OS(=O)(=O)O)no1. The third-order valence-corrected chi connectivity index (χ3v) is 3.80. The van der Waals surface area contributed by atoms with Crippen LogP contribution in [0.1, 0.15) is 35.4 Å². The average Bonchev–Trinajstić information content (AvgIpc) is 2.99. The molecule has 1 aromatic heterocycles. The second-order valence-electron chi connectivity index (χ2n) is 4.83. The van der Waals surface area contributed by atoms with Crippen LogP contribution in [-0.2, 0) is 14.7 Å². The Kier molecular flexibility index (Phi) is 3.26. The number of piperidine rings is 1. The van der Waals surface area contributed by atoms with Gasteiger partial charge in [-0.1, -0.05) is 5.16 Å². The first-order valence-corrected chi connectivity index (χ1v) is 7.53. The van der Waals surface area contributed by atoms with Gasteiger partial charge < -0.3 is 15.2 Å². The van der Waals surface area contributed by atoms with Crippen LogP contribution in [0, 0.1) is 0 Å². The van der Waals surface area contributed by atoms with Crippen LogP contribution in [-0.4, -0.2) is 57.6 Å². The summed E-state index contributed by atoms with van der Waals surface area (Å²) in [5, 5.41) is 4.21. The molecule has 1 aromatic rings. The summed E-state index contributed by atoms with van der Waals surface area (Å²) < 4.78 is 39.2. The molecule has 2 fully saturated rings. The van der Waals surface area contributed by atoms with E-state index in [0.29, 0.717) is 17.9 Å². The number of amides is 3. The average molecular weight is 333 g/mol. The molecule has 2 saturated heterocycles. The van der Waals surface area contributed by atoms with E-state index in [4.69, 9.17) is 10.3 Å². The first-order chi connectivity index (χ1) is 10.3. The Morgan fingerprint density at radius 1 is 1.45 bits per heavy atom. The van der Waals surface area contributed by atoms with E-state index in [0.717, 1.165) is 0 Å². The van der Waals surface area contributed by atoms with Crippen LogP contribution in [0.4, 0.5) is 4.79 Å². The van der Waals surface area contributed by atoms with E-state index in [2.05, 4.69) is 18.9 Å². The van der Waals surface area contributed by atoms with Gasteiger partial charge >= 0.3 is 28.2 Å². The number of hydroxylamine groups is 2. The zero-order valence-electron chi connectivity index (χ0n) is 10.9. The third kappa shape index (κ3) is 2.49. The van der Waals surface area contributed by atoms with Gasteiger partial charge in [0.2, 0.25) is 0 Å². The molecule has 3 amide bonds. The molecular weight excluding hydrogens is 322 g/mol. The minimum absolute atomic E-state index is 0.0919. The summed E-state index contributed by atoms with van der Waals surface area (Å²) in [7, 11) is -4.80. The van der Waals surface area contributed by atoms with Gasteiger partial charge in [0.25, 0.3) is 0 Å². The predicted molar refractivity (Wildman–Crippen MR) is 65.2 cm³/mol. The smallest absolute Gasteiger partial charge is 0.361 e. The monoisotopic (exact) mass is 333 g/mol. The van der Waals surface area contributed by atoms with Gasteiger partial charge in [-0.05, 0) is 12.8 Å². The van der Waals surface area contributed by atoms with E-state index in [1.807, 2.05) is 0 Å². The van der Waals surface area contributed by atoms with Crippen molar-refractivity contribution in [2.75, 3.05) is 6.54 Å². The van der Waals surface area contributed by atoms with Crippen molar-refractivity contribution in [2.24, 2.45) is 5.73 Å². The number of hydrogen-bond donors (Lipinski definition) is 2. The highest BCUT2D eigenvalue weighted by Gasteiger charge is 2.48. The van der Waals surface area contributed by atoms with Gasteiger partial charge in [-0.15, -0.1) is 4.28 Å². The molecule has 12 nitrogen and oxygen atoms in total. The zero-order chi connectivity index (χ0) is 16.1. The van der Waals surface area contributed by atoms with Crippen LogP contribution >= 0.6 is 0 Å². The van der Waals surface area contributed by atoms with Crippen molar-refractivity contribution in [1.82, 2.24) is 20.1 Å². The number of fused-ring (bicyclic) bond motifs is 2. The third-order valence-electron chi connectivity index (χ3n) is 3.45. The molecule has 13 heteroatoms. The molecule has 22 heavy (non-hydrogen) atoms. The molecule has 0 aromatic carbocycles. The number of nitrogens with two attached hydrogens (primary N) is 1. The van der Waals surface area contributed by atoms with Gasteiger partial charge in [-0.3, -0.25) is 9.35 Å². The minimum atomic E-state index is -4.80. The van der Waals surface area contributed by atoms with Crippen molar-refractivity contribution >= 4 is 22.3 Å². The highest BCUT2D eigenvalue weighted by molar-refractivity contribution is 7.80. The molecule has 2 aliphatic heterocycles. The van der Waals surface area contributed by atoms with Crippen LogP contribution < -0.4 is 5.73 Å². The Labute approximate surface area is 123 Å². The number of aromatic nitrogens is 2. The van der Waals surface area contributed by atoms with Crippen molar-refractivity contribution in [2.45, 2.75) is 24.9 Å². The Balaban J connectivity index is 1.83. The normalized spacial score (nSPS) is 24.9. The van der Waals surface area contributed by atoms with Crippen molar-refractivity contribution in [3.05, 3.63) is 11.7 Å². The molecule has 3 heterocycles. The lowest BCUT2D eigenvalue weighted by atomic mass is 10.0. The Morgan fingerprint density at radius 2 is 2.18 bits per heavy atom. The molecule has 3 N–H and O–H groups in total. The maximum Gasteiger partial charge on any atom is 0.418 e. The second kappa shape index (κ2) is 4.89. The van der Waals surface area contributed by atoms with Gasteiger partial charge in [0, 0.05) is 6.54 Å². The molecule has 120 valence electrons. The van der Waals surface area contributed by atoms with E-state index in [1.54, 1.807) is 0 Å². The van der Waals surface area contributed by atoms with E-state index >= 15 is 0 Å². The molecular formula is C9H11N5O7S. The molecule has 2 aliphatic rings. The number of primary amides is 1. The van der Waals surface area contributed by atoms with Crippen LogP contribution in [0.15, 0.2) is 4.52 Å². The van der Waals surface area contributed by atoms with Crippen LogP contribution in [0.3, 0.4) is 0 Å². The largest absolute Gasteiger partial charge is 0.418 e. The van der Waals surface area contributed by atoms with Gasteiger partial charge in [0.15, 0.2) is 5.82 Å². The highest BCUT2D eigenvalue weighted by atomic mass is 32.3. The highest BCUT2D eigenvalue weighted by Crippen LogP contribution is 2.37. The molecule has 0 radical (unpaired) electrons. The summed E-state index contributed by atoms with van der Waals surface area (Å²) in [5.74, 6) is -1.18. The predicted octanol–water partition coefficient (Wildman–Crippen LogP) is -1.16. The molecule has 0 spiro atoms. The minimum Gasteiger partial charge on any atom is -0.361 e. The number of rotatable bonds is 4. The van der Waals surface area contributed by atoms with Crippen LogP contribution in [0.25, 0.3) is 0 Å². The van der Waals surface area contributed by atoms with Gasteiger partial charge in [0.05, 0.1) is 12.1 Å². The summed E-state index contributed by atoms with van der Waals surface area (Å²) in [4.78, 5) is 28.2. The van der Waals surface area contributed by atoms with Crippen LogP contribution in [0.2, 0.25) is 0 Å². The lowest BCUT2D eigenvalue weighted by Crippen LogP contribution is -2.35. The first-order valence-electron chi connectivity index (χ1n) is 6.16. The number of hydrogen-bond acceptors (Lipinski definition) is 8. The Hall–Kier alpha value is -2.25. The number of nitrogens with zero attached hydrogens (tertiary/aromatic N) is 4. The summed E-state index contributed by atoms with van der Waals surface area (Å²) >= 11 is 0. The molecule has 2 bridgehead atoms. The fourth-order valence-electron chi connectivity index (χ4n) is 2.57. The van der Waals surface area contributed by atoms with Crippen molar-refractivity contribution in [3.8, 4) is 0 Å². The molecule has 0 saturated carbocycles. The molecule has 3 rings (SSSR count). The Bertz CT molecular complexity index is 730. The standard InChI is InChI=1S/C9H11N5O7S/c10-6(15)8-11-7(12-20-8)5-2-1-4-3-13(5)9(16)14(4)21-22(17,18)19/h4-5H,1-3H2,(H2,10,15)(H,17,18,19)/t4-,5-/m1/s1. The fraction of sp³-hybridized carbons (Fsp3) is 0.556. The lowest BCUT2D eigenvalue weighted by molar-refractivity contribution is -0.0317. The Morgan fingerprint density at radius 3 is 2.77 bits per heavy atom. The summed E-state index contributed by atoms with van der Waals surface area (Å²) in [5.41, 5.74) is 5.01. The maximum absolute atomic E-state index is 12.2. The van der Waals surface area contributed by atoms with Crippen molar-refractivity contribution < 1.29 is 31.4 Å². The van der Waals surface area contributed by atoms with Gasteiger partial charge in [-0.2, -0.15) is 18.5 Å². The number of urea groups is 1. The quantitative estimate of drug-likeness (QED) is 0.645. The zero-order valence-corrected chi connectivity index (χ0v) is 11.8. The van der Waals surface area contributed by atoms with Gasteiger partial charge in [-0.25, -0.2) is 4.79 Å².